The van der Waals surface area contributed by atoms with Crippen LogP contribution in [0.4, 0.5) is 5.69 Å². The molecule has 1 heterocycles. The van der Waals surface area contributed by atoms with Crippen LogP contribution in [-0.4, -0.2) is 30.8 Å². The number of rotatable bonds is 7. The minimum Gasteiger partial charge on any atom is -0.372 e. The van der Waals surface area contributed by atoms with Crippen LogP contribution in [0.1, 0.15) is 60.0 Å². The summed E-state index contributed by atoms with van der Waals surface area (Å²) >= 11 is 0. The van der Waals surface area contributed by atoms with E-state index in [1.54, 1.807) is 12.1 Å². The van der Waals surface area contributed by atoms with E-state index in [1.807, 2.05) is 12.1 Å². The first-order valence-electron chi connectivity index (χ1n) is 11.5. The van der Waals surface area contributed by atoms with Gasteiger partial charge in [-0.3, -0.25) is 19.7 Å². The predicted octanol–water partition coefficient (Wildman–Crippen LogP) is 3.59. The Bertz CT molecular complexity index is 963. The van der Waals surface area contributed by atoms with Gasteiger partial charge in [0.25, 0.3) is 5.91 Å². The lowest BCUT2D eigenvalue weighted by Crippen LogP contribution is -2.33. The summed E-state index contributed by atoms with van der Waals surface area (Å²) < 4.78 is 0. The summed E-state index contributed by atoms with van der Waals surface area (Å²) in [4.78, 5) is 38.0. The smallest absolute Gasteiger partial charge is 0.251 e. The molecule has 2 N–H and O–H groups in total. The SMILES string of the molecule is CN(c1ccc(CNC(=O)c2ccc(CC3CC(=O)NC3=O)cc2)cc1)C1CCCCC1. The maximum atomic E-state index is 12.5. The highest BCUT2D eigenvalue weighted by Gasteiger charge is 2.30. The number of amides is 3. The molecule has 3 amide bonds. The zero-order valence-corrected chi connectivity index (χ0v) is 18.6. The van der Waals surface area contributed by atoms with Crippen LogP contribution in [0, 0.1) is 5.92 Å². The Morgan fingerprint density at radius 2 is 1.62 bits per heavy atom. The largest absolute Gasteiger partial charge is 0.372 e. The molecule has 0 aromatic heterocycles. The molecule has 1 aliphatic heterocycles. The summed E-state index contributed by atoms with van der Waals surface area (Å²) in [5.41, 5.74) is 3.80. The number of hydrogen-bond donors (Lipinski definition) is 2. The topological polar surface area (TPSA) is 78.5 Å². The van der Waals surface area contributed by atoms with Gasteiger partial charge in [0.2, 0.25) is 11.8 Å². The van der Waals surface area contributed by atoms with E-state index in [2.05, 4.69) is 46.8 Å². The number of carbonyl (C=O) groups excluding carboxylic acids is 3. The van der Waals surface area contributed by atoms with Gasteiger partial charge in [-0.25, -0.2) is 0 Å². The molecule has 0 bridgehead atoms. The molecule has 32 heavy (non-hydrogen) atoms. The highest BCUT2D eigenvalue weighted by molar-refractivity contribution is 6.03. The highest BCUT2D eigenvalue weighted by atomic mass is 16.2. The third kappa shape index (κ3) is 5.36. The van der Waals surface area contributed by atoms with E-state index in [1.165, 1.54) is 37.8 Å². The van der Waals surface area contributed by atoms with Crippen molar-refractivity contribution in [2.24, 2.45) is 5.92 Å². The molecular formula is C26H31N3O3. The molecule has 2 fully saturated rings. The number of imide groups is 1. The zero-order chi connectivity index (χ0) is 22.5. The van der Waals surface area contributed by atoms with Gasteiger partial charge in [0, 0.05) is 37.3 Å². The Morgan fingerprint density at radius 3 is 2.25 bits per heavy atom. The van der Waals surface area contributed by atoms with Crippen LogP contribution >= 0.6 is 0 Å². The average Bonchev–Trinajstić information content (AvgIpc) is 3.14. The summed E-state index contributed by atoms with van der Waals surface area (Å²) in [6.07, 6.45) is 7.24. The van der Waals surface area contributed by atoms with Crippen LogP contribution in [0.5, 0.6) is 0 Å². The van der Waals surface area contributed by atoms with Crippen molar-refractivity contribution in [1.29, 1.82) is 0 Å². The van der Waals surface area contributed by atoms with Crippen LogP contribution in [0.3, 0.4) is 0 Å². The van der Waals surface area contributed by atoms with Crippen molar-refractivity contribution in [2.45, 2.75) is 57.5 Å². The molecule has 1 saturated carbocycles. The standard InChI is InChI=1S/C26H31N3O3/c1-29(22-5-3-2-4-6-22)23-13-9-19(10-14-23)17-27-25(31)20-11-7-18(8-12-20)15-21-16-24(30)28-26(21)32/h7-14,21-22H,2-6,15-17H2,1H3,(H,27,31)(H,28,30,32). The van der Waals surface area contributed by atoms with Gasteiger partial charge in [0.1, 0.15) is 0 Å². The van der Waals surface area contributed by atoms with E-state index < -0.39 is 0 Å². The first-order chi connectivity index (χ1) is 15.5. The molecule has 6 nitrogen and oxygen atoms in total. The number of nitrogens with one attached hydrogen (secondary N) is 2. The Labute approximate surface area is 189 Å². The van der Waals surface area contributed by atoms with Gasteiger partial charge in [0.15, 0.2) is 0 Å². The normalized spacial score (nSPS) is 19.0. The molecule has 2 aliphatic rings. The van der Waals surface area contributed by atoms with Crippen LogP contribution in [0.25, 0.3) is 0 Å². The van der Waals surface area contributed by atoms with Gasteiger partial charge in [-0.2, -0.15) is 0 Å². The molecule has 1 unspecified atom stereocenters. The fraction of sp³-hybridized carbons (Fsp3) is 0.423. The second kappa shape index (κ2) is 9.98. The van der Waals surface area contributed by atoms with E-state index in [0.717, 1.165) is 11.1 Å². The minimum absolute atomic E-state index is 0.131. The summed E-state index contributed by atoms with van der Waals surface area (Å²) in [6, 6.07) is 16.3. The second-order valence-corrected chi connectivity index (χ2v) is 8.97. The Morgan fingerprint density at radius 1 is 0.969 bits per heavy atom. The lowest BCUT2D eigenvalue weighted by atomic mass is 9.94. The molecule has 0 radical (unpaired) electrons. The van der Waals surface area contributed by atoms with Crippen molar-refractivity contribution in [2.75, 3.05) is 11.9 Å². The molecule has 1 saturated heterocycles. The van der Waals surface area contributed by atoms with E-state index in [0.29, 0.717) is 24.6 Å². The van der Waals surface area contributed by atoms with Crippen LogP contribution < -0.4 is 15.5 Å². The van der Waals surface area contributed by atoms with E-state index in [4.69, 9.17) is 0 Å². The summed E-state index contributed by atoms with van der Waals surface area (Å²) in [6.45, 7) is 0.471. The van der Waals surface area contributed by atoms with Crippen LogP contribution in [0.2, 0.25) is 0 Å². The van der Waals surface area contributed by atoms with Gasteiger partial charge in [-0.1, -0.05) is 43.5 Å². The van der Waals surface area contributed by atoms with Gasteiger partial charge in [0.05, 0.1) is 5.92 Å². The predicted molar refractivity (Wildman–Crippen MR) is 124 cm³/mol. The molecule has 2 aromatic rings. The molecule has 6 heteroatoms. The monoisotopic (exact) mass is 433 g/mol. The third-order valence-electron chi connectivity index (χ3n) is 6.68. The van der Waals surface area contributed by atoms with Crippen LogP contribution in [0.15, 0.2) is 48.5 Å². The summed E-state index contributed by atoms with van der Waals surface area (Å²) in [5.74, 6) is -0.881. The number of anilines is 1. The van der Waals surface area contributed by atoms with Gasteiger partial charge < -0.3 is 10.2 Å². The fourth-order valence-electron chi connectivity index (χ4n) is 4.66. The summed E-state index contributed by atoms with van der Waals surface area (Å²) in [5, 5.41) is 5.30. The van der Waals surface area contributed by atoms with E-state index in [9.17, 15) is 14.4 Å². The number of hydrogen-bond acceptors (Lipinski definition) is 4. The van der Waals surface area contributed by atoms with Gasteiger partial charge in [-0.15, -0.1) is 0 Å². The van der Waals surface area contributed by atoms with Crippen molar-refractivity contribution in [1.82, 2.24) is 10.6 Å². The molecule has 1 aliphatic carbocycles. The lowest BCUT2D eigenvalue weighted by molar-refractivity contribution is -0.125. The number of benzene rings is 2. The van der Waals surface area contributed by atoms with Gasteiger partial charge >= 0.3 is 0 Å². The molecule has 168 valence electrons. The quantitative estimate of drug-likeness (QED) is 0.654. The van der Waals surface area contributed by atoms with Crippen molar-refractivity contribution in [3.05, 3.63) is 65.2 Å². The van der Waals surface area contributed by atoms with Crippen molar-refractivity contribution in [3.8, 4) is 0 Å². The first-order valence-corrected chi connectivity index (χ1v) is 11.5. The van der Waals surface area contributed by atoms with Crippen molar-refractivity contribution >= 4 is 23.4 Å². The molecule has 1 atom stereocenters. The third-order valence-corrected chi connectivity index (χ3v) is 6.68. The van der Waals surface area contributed by atoms with E-state index in [-0.39, 0.29) is 30.1 Å². The maximum absolute atomic E-state index is 12.5. The second-order valence-electron chi connectivity index (χ2n) is 8.97. The molecule has 4 rings (SSSR count). The Kier molecular flexibility index (Phi) is 6.88. The molecule has 0 spiro atoms. The van der Waals surface area contributed by atoms with Crippen molar-refractivity contribution < 1.29 is 14.4 Å². The van der Waals surface area contributed by atoms with Crippen LogP contribution in [-0.2, 0) is 22.6 Å². The maximum Gasteiger partial charge on any atom is 0.251 e. The minimum atomic E-state index is -0.317. The van der Waals surface area contributed by atoms with Crippen molar-refractivity contribution in [3.63, 3.8) is 0 Å². The lowest BCUT2D eigenvalue weighted by Gasteiger charge is -2.33. The number of nitrogens with zero attached hydrogens (tertiary/aromatic N) is 1. The average molecular weight is 434 g/mol. The molecule has 2 aromatic carbocycles. The molecular weight excluding hydrogens is 402 g/mol. The first kappa shape index (κ1) is 22.1. The fourth-order valence-corrected chi connectivity index (χ4v) is 4.66. The summed E-state index contributed by atoms with van der Waals surface area (Å²) in [7, 11) is 2.17. The Balaban J connectivity index is 1.27. The number of carbonyl (C=O) groups is 3. The van der Waals surface area contributed by atoms with Gasteiger partial charge in [-0.05, 0) is 54.7 Å². The zero-order valence-electron chi connectivity index (χ0n) is 18.6. The van der Waals surface area contributed by atoms with E-state index >= 15 is 0 Å². The highest BCUT2D eigenvalue weighted by Crippen LogP contribution is 2.26. The Hall–Kier alpha value is -3.15.